The molecule has 4 nitrogen and oxygen atoms in total. The Balaban J connectivity index is 1.91. The zero-order valence-corrected chi connectivity index (χ0v) is 11.0. The first-order valence-corrected chi connectivity index (χ1v) is 6.17. The van der Waals surface area contributed by atoms with Gasteiger partial charge in [0.25, 0.3) is 0 Å². The molecule has 0 fully saturated rings. The van der Waals surface area contributed by atoms with Gasteiger partial charge in [-0.25, -0.2) is 4.39 Å². The maximum absolute atomic E-state index is 12.9. The highest BCUT2D eigenvalue weighted by molar-refractivity contribution is 9.10. The summed E-state index contributed by atoms with van der Waals surface area (Å²) >= 11 is 3.19. The van der Waals surface area contributed by atoms with Gasteiger partial charge in [-0.15, -0.1) is 0 Å². The molecule has 1 aromatic heterocycles. The number of aromatic nitrogens is 2. The number of hydrogen-bond donors (Lipinski definition) is 1. The summed E-state index contributed by atoms with van der Waals surface area (Å²) in [6.07, 6.45) is 3.76. The highest BCUT2D eigenvalue weighted by Crippen LogP contribution is 2.23. The lowest BCUT2D eigenvalue weighted by molar-refractivity contribution is -0.116. The minimum atomic E-state index is -0.351. The van der Waals surface area contributed by atoms with Crippen LogP contribution in [0.15, 0.2) is 41.1 Å². The zero-order chi connectivity index (χ0) is 13.0. The molecule has 18 heavy (non-hydrogen) atoms. The molecule has 0 aliphatic heterocycles. The number of anilines is 1. The van der Waals surface area contributed by atoms with Crippen molar-refractivity contribution in [3.63, 3.8) is 0 Å². The predicted octanol–water partition coefficient (Wildman–Crippen LogP) is 2.81. The van der Waals surface area contributed by atoms with Crippen molar-refractivity contribution in [3.8, 4) is 0 Å². The zero-order valence-electron chi connectivity index (χ0n) is 9.44. The number of benzene rings is 1. The molecule has 1 aromatic carbocycles. The molecule has 2 aromatic rings. The van der Waals surface area contributed by atoms with E-state index in [0.717, 1.165) is 0 Å². The molecular weight excluding hydrogens is 301 g/mol. The van der Waals surface area contributed by atoms with Crippen molar-refractivity contribution in [1.82, 2.24) is 9.78 Å². The molecule has 1 heterocycles. The standard InChI is InChI=1S/C12H11BrFN3O/c13-10-8-9(14)2-3-11(10)16-12(18)4-7-17-6-1-5-15-17/h1-3,5-6,8H,4,7H2,(H,16,18). The fraction of sp³-hybridized carbons (Fsp3) is 0.167. The van der Waals surface area contributed by atoms with Crippen molar-refractivity contribution in [1.29, 1.82) is 0 Å². The smallest absolute Gasteiger partial charge is 0.226 e. The molecule has 0 atom stereocenters. The molecule has 1 N–H and O–H groups in total. The third-order valence-electron chi connectivity index (χ3n) is 2.33. The van der Waals surface area contributed by atoms with Gasteiger partial charge in [-0.2, -0.15) is 5.10 Å². The number of amides is 1. The van der Waals surface area contributed by atoms with Gasteiger partial charge in [0, 0.05) is 29.8 Å². The van der Waals surface area contributed by atoms with Crippen molar-refractivity contribution < 1.29 is 9.18 Å². The second kappa shape index (κ2) is 5.77. The van der Waals surface area contributed by atoms with E-state index in [2.05, 4.69) is 26.3 Å². The summed E-state index contributed by atoms with van der Waals surface area (Å²) in [6.45, 7) is 0.512. The summed E-state index contributed by atoms with van der Waals surface area (Å²) in [6, 6.07) is 5.93. The number of rotatable bonds is 4. The van der Waals surface area contributed by atoms with E-state index in [9.17, 15) is 9.18 Å². The average Bonchev–Trinajstić information content (AvgIpc) is 2.83. The molecule has 0 bridgehead atoms. The predicted molar refractivity (Wildman–Crippen MR) is 69.6 cm³/mol. The fourth-order valence-corrected chi connectivity index (χ4v) is 1.90. The topological polar surface area (TPSA) is 46.9 Å². The summed E-state index contributed by atoms with van der Waals surface area (Å²) in [4.78, 5) is 11.7. The largest absolute Gasteiger partial charge is 0.325 e. The number of nitrogens with one attached hydrogen (secondary N) is 1. The van der Waals surface area contributed by atoms with Gasteiger partial charge in [-0.1, -0.05) is 0 Å². The molecule has 0 unspecified atom stereocenters. The Bertz CT molecular complexity index is 542. The molecule has 1 amide bonds. The van der Waals surface area contributed by atoms with Crippen LogP contribution in [0.4, 0.5) is 10.1 Å². The number of halogens is 2. The number of aryl methyl sites for hydroxylation is 1. The van der Waals surface area contributed by atoms with E-state index in [4.69, 9.17) is 0 Å². The van der Waals surface area contributed by atoms with Crippen LogP contribution < -0.4 is 5.32 Å². The van der Waals surface area contributed by atoms with E-state index < -0.39 is 0 Å². The highest BCUT2D eigenvalue weighted by Gasteiger charge is 2.06. The summed E-state index contributed by atoms with van der Waals surface area (Å²) in [7, 11) is 0. The van der Waals surface area contributed by atoms with Crippen LogP contribution in [0, 0.1) is 5.82 Å². The van der Waals surface area contributed by atoms with E-state index in [-0.39, 0.29) is 11.7 Å². The van der Waals surface area contributed by atoms with Crippen LogP contribution in [0.5, 0.6) is 0 Å². The Morgan fingerprint density at radius 3 is 3.00 bits per heavy atom. The molecule has 2 rings (SSSR count). The van der Waals surface area contributed by atoms with E-state index >= 15 is 0 Å². The minimum absolute atomic E-state index is 0.141. The van der Waals surface area contributed by atoms with Crippen LogP contribution in [-0.2, 0) is 11.3 Å². The van der Waals surface area contributed by atoms with Crippen molar-refractivity contribution in [2.75, 3.05) is 5.32 Å². The first-order valence-electron chi connectivity index (χ1n) is 5.37. The van der Waals surface area contributed by atoms with Crippen molar-refractivity contribution in [2.24, 2.45) is 0 Å². The van der Waals surface area contributed by atoms with Crippen LogP contribution in [0.3, 0.4) is 0 Å². The molecule has 0 aliphatic carbocycles. The first-order chi connectivity index (χ1) is 8.65. The van der Waals surface area contributed by atoms with Gasteiger partial charge in [0.15, 0.2) is 0 Å². The average molecular weight is 312 g/mol. The van der Waals surface area contributed by atoms with Crippen LogP contribution >= 0.6 is 15.9 Å². The lowest BCUT2D eigenvalue weighted by Gasteiger charge is -2.07. The van der Waals surface area contributed by atoms with Crippen molar-refractivity contribution in [3.05, 3.63) is 46.9 Å². The second-order valence-electron chi connectivity index (χ2n) is 3.69. The Morgan fingerprint density at radius 1 is 1.50 bits per heavy atom. The van der Waals surface area contributed by atoms with Gasteiger partial charge in [-0.05, 0) is 40.2 Å². The summed E-state index contributed by atoms with van der Waals surface area (Å²) in [5.74, 6) is -0.491. The van der Waals surface area contributed by atoms with Crippen LogP contribution in [-0.4, -0.2) is 15.7 Å². The summed E-state index contributed by atoms with van der Waals surface area (Å²) < 4.78 is 15.1. The lowest BCUT2D eigenvalue weighted by Crippen LogP contribution is -2.15. The molecule has 0 aliphatic rings. The van der Waals surface area contributed by atoms with Gasteiger partial charge < -0.3 is 5.32 Å². The van der Waals surface area contributed by atoms with Gasteiger partial charge in [-0.3, -0.25) is 9.48 Å². The fourth-order valence-electron chi connectivity index (χ4n) is 1.45. The monoisotopic (exact) mass is 311 g/mol. The molecule has 6 heteroatoms. The maximum Gasteiger partial charge on any atom is 0.226 e. The normalized spacial score (nSPS) is 10.3. The third kappa shape index (κ3) is 3.40. The highest BCUT2D eigenvalue weighted by atomic mass is 79.9. The number of hydrogen-bond acceptors (Lipinski definition) is 2. The van der Waals surface area contributed by atoms with Crippen molar-refractivity contribution >= 4 is 27.5 Å². The van der Waals surface area contributed by atoms with Gasteiger partial charge in [0.2, 0.25) is 5.91 Å². The van der Waals surface area contributed by atoms with Crippen LogP contribution in [0.1, 0.15) is 6.42 Å². The van der Waals surface area contributed by atoms with E-state index in [1.54, 1.807) is 23.1 Å². The second-order valence-corrected chi connectivity index (χ2v) is 4.55. The Morgan fingerprint density at radius 2 is 2.33 bits per heavy atom. The molecule has 0 radical (unpaired) electrons. The number of carbonyl (C=O) groups is 1. The summed E-state index contributed by atoms with van der Waals surface area (Å²) in [5, 5.41) is 6.71. The summed E-state index contributed by atoms with van der Waals surface area (Å²) in [5.41, 5.74) is 0.557. The Labute approximate surface area is 112 Å². The van der Waals surface area contributed by atoms with Gasteiger partial charge >= 0.3 is 0 Å². The van der Waals surface area contributed by atoms with Crippen LogP contribution in [0.2, 0.25) is 0 Å². The molecule has 94 valence electrons. The molecule has 0 saturated heterocycles. The van der Waals surface area contributed by atoms with E-state index in [1.807, 2.05) is 0 Å². The van der Waals surface area contributed by atoms with Crippen molar-refractivity contribution in [2.45, 2.75) is 13.0 Å². The Kier molecular flexibility index (Phi) is 4.09. The van der Waals surface area contributed by atoms with Crippen LogP contribution in [0.25, 0.3) is 0 Å². The van der Waals surface area contributed by atoms with E-state index in [0.29, 0.717) is 23.1 Å². The minimum Gasteiger partial charge on any atom is -0.325 e. The molecule has 0 saturated carbocycles. The third-order valence-corrected chi connectivity index (χ3v) is 2.99. The molecule has 0 spiro atoms. The van der Waals surface area contributed by atoms with Gasteiger partial charge in [0.1, 0.15) is 5.82 Å². The molecular formula is C12H11BrFN3O. The number of carbonyl (C=O) groups excluding carboxylic acids is 1. The first kappa shape index (κ1) is 12.8. The van der Waals surface area contributed by atoms with Gasteiger partial charge in [0.05, 0.1) is 5.69 Å². The number of nitrogens with zero attached hydrogens (tertiary/aromatic N) is 2. The lowest BCUT2D eigenvalue weighted by atomic mass is 10.3. The quantitative estimate of drug-likeness (QED) is 0.943. The Hall–Kier alpha value is -1.69. The van der Waals surface area contributed by atoms with E-state index in [1.165, 1.54) is 18.2 Å². The maximum atomic E-state index is 12.9. The SMILES string of the molecule is O=C(CCn1cccn1)Nc1ccc(F)cc1Br.